The van der Waals surface area contributed by atoms with Gasteiger partial charge < -0.3 is 14.9 Å². The second-order valence-electron chi connectivity index (χ2n) is 7.05. The summed E-state index contributed by atoms with van der Waals surface area (Å²) < 4.78 is 0. The molecule has 1 saturated carbocycles. The molecule has 19 heavy (non-hydrogen) atoms. The summed E-state index contributed by atoms with van der Waals surface area (Å²) in [6.07, 6.45) is 9.01. The summed E-state index contributed by atoms with van der Waals surface area (Å²) in [5.41, 5.74) is 0. The number of hydrogen-bond acceptors (Lipinski definition) is 3. The van der Waals surface area contributed by atoms with Crippen LogP contribution in [0.15, 0.2) is 0 Å². The topological polar surface area (TPSA) is 26.7 Å². The largest absolute Gasteiger partial charge is 0.392 e. The number of nitrogens with zero attached hydrogens (tertiary/aromatic N) is 2. The summed E-state index contributed by atoms with van der Waals surface area (Å²) >= 11 is 0. The molecule has 1 aliphatic carbocycles. The first-order valence-electron chi connectivity index (χ1n) is 8.18. The quantitative estimate of drug-likeness (QED) is 0.800. The highest BCUT2D eigenvalue weighted by molar-refractivity contribution is 4.78. The molecule has 1 saturated heterocycles. The second-order valence-corrected chi connectivity index (χ2v) is 7.05. The van der Waals surface area contributed by atoms with Gasteiger partial charge in [-0.1, -0.05) is 25.7 Å². The zero-order valence-corrected chi connectivity index (χ0v) is 12.9. The van der Waals surface area contributed by atoms with E-state index in [1.807, 2.05) is 0 Å². The van der Waals surface area contributed by atoms with Crippen LogP contribution in [0.4, 0.5) is 0 Å². The van der Waals surface area contributed by atoms with Gasteiger partial charge in [-0.05, 0) is 58.3 Å². The number of likely N-dealkylation sites (tertiary alicyclic amines) is 1. The normalized spacial score (nSPS) is 25.3. The van der Waals surface area contributed by atoms with Gasteiger partial charge >= 0.3 is 0 Å². The van der Waals surface area contributed by atoms with Gasteiger partial charge in [0.1, 0.15) is 0 Å². The average molecular weight is 268 g/mol. The number of aliphatic hydroxyl groups is 1. The van der Waals surface area contributed by atoms with Crippen LogP contribution in [0, 0.1) is 11.8 Å². The zero-order valence-electron chi connectivity index (χ0n) is 12.9. The minimum Gasteiger partial charge on any atom is -0.392 e. The molecule has 0 aromatic rings. The molecule has 2 aliphatic rings. The maximum atomic E-state index is 10.2. The summed E-state index contributed by atoms with van der Waals surface area (Å²) in [4.78, 5) is 4.78. The molecule has 0 radical (unpaired) electrons. The number of β-amino-alcohol motifs (C(OH)–C–C–N with tert-alkyl or cyclic N) is 1. The van der Waals surface area contributed by atoms with Gasteiger partial charge in [0, 0.05) is 13.1 Å². The van der Waals surface area contributed by atoms with E-state index in [-0.39, 0.29) is 6.10 Å². The first-order chi connectivity index (χ1) is 9.13. The number of hydrogen-bond donors (Lipinski definition) is 1. The Morgan fingerprint density at radius 3 is 2.26 bits per heavy atom. The molecule has 112 valence electrons. The minimum absolute atomic E-state index is 0.0894. The molecule has 3 nitrogen and oxygen atoms in total. The molecule has 0 bridgehead atoms. The van der Waals surface area contributed by atoms with Crippen LogP contribution >= 0.6 is 0 Å². The molecular formula is C16H32N2O. The van der Waals surface area contributed by atoms with Crippen LogP contribution in [-0.2, 0) is 0 Å². The lowest BCUT2D eigenvalue weighted by Gasteiger charge is -2.34. The van der Waals surface area contributed by atoms with Crippen LogP contribution in [0.5, 0.6) is 0 Å². The Hall–Kier alpha value is -0.120. The third kappa shape index (κ3) is 5.41. The Balaban J connectivity index is 1.61. The van der Waals surface area contributed by atoms with Crippen LogP contribution < -0.4 is 0 Å². The fourth-order valence-electron chi connectivity index (χ4n) is 3.87. The van der Waals surface area contributed by atoms with E-state index < -0.39 is 0 Å². The summed E-state index contributed by atoms with van der Waals surface area (Å²) in [5.74, 6) is 1.67. The van der Waals surface area contributed by atoms with Crippen molar-refractivity contribution in [3.63, 3.8) is 0 Å². The van der Waals surface area contributed by atoms with Crippen molar-refractivity contribution >= 4 is 0 Å². The third-order valence-electron chi connectivity index (χ3n) is 4.88. The Bertz CT molecular complexity index is 243. The van der Waals surface area contributed by atoms with Crippen LogP contribution in [0.1, 0.15) is 44.9 Å². The monoisotopic (exact) mass is 268 g/mol. The molecule has 1 aliphatic heterocycles. The molecule has 0 aromatic carbocycles. The van der Waals surface area contributed by atoms with E-state index in [2.05, 4.69) is 23.9 Å². The lowest BCUT2D eigenvalue weighted by Crippen LogP contribution is -2.41. The van der Waals surface area contributed by atoms with Gasteiger partial charge in [-0.25, -0.2) is 0 Å². The van der Waals surface area contributed by atoms with Gasteiger partial charge in [-0.2, -0.15) is 0 Å². The van der Waals surface area contributed by atoms with Gasteiger partial charge in [0.25, 0.3) is 0 Å². The lowest BCUT2D eigenvalue weighted by atomic mass is 9.95. The SMILES string of the molecule is CN(C)CC1CCN(CC(O)CC2CCCC2)CC1. The third-order valence-corrected chi connectivity index (χ3v) is 4.88. The second kappa shape index (κ2) is 7.61. The predicted octanol–water partition coefficient (Wildman–Crippen LogP) is 2.20. The highest BCUT2D eigenvalue weighted by atomic mass is 16.3. The Kier molecular flexibility index (Phi) is 6.11. The first kappa shape index (κ1) is 15.3. The molecular weight excluding hydrogens is 236 g/mol. The fourth-order valence-corrected chi connectivity index (χ4v) is 3.87. The molecule has 0 spiro atoms. The van der Waals surface area contributed by atoms with Crippen molar-refractivity contribution in [3.8, 4) is 0 Å². The summed E-state index contributed by atoms with van der Waals surface area (Å²) in [6.45, 7) is 4.49. The highest BCUT2D eigenvalue weighted by Crippen LogP contribution is 2.29. The predicted molar refractivity (Wildman–Crippen MR) is 80.3 cm³/mol. The van der Waals surface area contributed by atoms with Crippen LogP contribution in [-0.4, -0.2) is 61.3 Å². The summed E-state index contributed by atoms with van der Waals surface area (Å²) in [6, 6.07) is 0. The molecule has 3 heteroatoms. The van der Waals surface area contributed by atoms with Gasteiger partial charge in [0.2, 0.25) is 0 Å². The van der Waals surface area contributed by atoms with Crippen LogP contribution in [0.3, 0.4) is 0 Å². The average Bonchev–Trinajstić information content (AvgIpc) is 2.83. The van der Waals surface area contributed by atoms with E-state index in [4.69, 9.17) is 0 Å². The van der Waals surface area contributed by atoms with Gasteiger partial charge in [-0.3, -0.25) is 0 Å². The summed E-state index contributed by atoms with van der Waals surface area (Å²) in [7, 11) is 4.33. The van der Waals surface area contributed by atoms with Crippen molar-refractivity contribution in [2.75, 3.05) is 40.3 Å². The molecule has 2 fully saturated rings. The fraction of sp³-hybridized carbons (Fsp3) is 1.00. The van der Waals surface area contributed by atoms with Crippen LogP contribution in [0.25, 0.3) is 0 Å². The van der Waals surface area contributed by atoms with Crippen molar-refractivity contribution in [1.82, 2.24) is 9.80 Å². The Morgan fingerprint density at radius 1 is 1.05 bits per heavy atom. The Labute approximate surface area is 119 Å². The smallest absolute Gasteiger partial charge is 0.0669 e. The Morgan fingerprint density at radius 2 is 1.68 bits per heavy atom. The molecule has 1 N–H and O–H groups in total. The van der Waals surface area contributed by atoms with Crippen molar-refractivity contribution in [1.29, 1.82) is 0 Å². The van der Waals surface area contributed by atoms with E-state index in [1.165, 1.54) is 58.2 Å². The standard InChI is InChI=1S/C16H32N2O/c1-17(2)12-15-7-9-18(10-8-15)13-16(19)11-14-5-3-4-6-14/h14-16,19H,3-13H2,1-2H3. The van der Waals surface area contributed by atoms with E-state index >= 15 is 0 Å². The minimum atomic E-state index is -0.0894. The number of piperidine rings is 1. The van der Waals surface area contributed by atoms with E-state index in [0.29, 0.717) is 0 Å². The molecule has 0 aromatic heterocycles. The molecule has 1 unspecified atom stereocenters. The molecule has 2 rings (SSSR count). The van der Waals surface area contributed by atoms with Crippen molar-refractivity contribution in [2.45, 2.75) is 51.0 Å². The van der Waals surface area contributed by atoms with Gasteiger partial charge in [0.15, 0.2) is 0 Å². The zero-order chi connectivity index (χ0) is 13.7. The maximum Gasteiger partial charge on any atom is 0.0669 e. The number of aliphatic hydroxyl groups excluding tert-OH is 1. The van der Waals surface area contributed by atoms with Crippen molar-refractivity contribution in [3.05, 3.63) is 0 Å². The molecule has 0 amide bonds. The molecule has 1 atom stereocenters. The van der Waals surface area contributed by atoms with Crippen molar-refractivity contribution in [2.24, 2.45) is 11.8 Å². The number of rotatable bonds is 6. The maximum absolute atomic E-state index is 10.2. The van der Waals surface area contributed by atoms with E-state index in [9.17, 15) is 5.11 Å². The lowest BCUT2D eigenvalue weighted by molar-refractivity contribution is 0.0698. The van der Waals surface area contributed by atoms with Crippen molar-refractivity contribution < 1.29 is 5.11 Å². The van der Waals surface area contributed by atoms with Crippen LogP contribution in [0.2, 0.25) is 0 Å². The van der Waals surface area contributed by atoms with Gasteiger partial charge in [-0.15, -0.1) is 0 Å². The summed E-state index contributed by atoms with van der Waals surface area (Å²) in [5, 5.41) is 10.2. The molecule has 1 heterocycles. The van der Waals surface area contributed by atoms with E-state index in [1.54, 1.807) is 0 Å². The first-order valence-corrected chi connectivity index (χ1v) is 8.18. The van der Waals surface area contributed by atoms with E-state index in [0.717, 1.165) is 24.8 Å². The highest BCUT2D eigenvalue weighted by Gasteiger charge is 2.23. The van der Waals surface area contributed by atoms with Gasteiger partial charge in [0.05, 0.1) is 6.10 Å².